The molecule has 2 atom stereocenters. The van der Waals surface area contributed by atoms with Gasteiger partial charge in [-0.05, 0) is 57.4 Å². The zero-order valence-electron chi connectivity index (χ0n) is 17.3. The van der Waals surface area contributed by atoms with Crippen LogP contribution in [0.2, 0.25) is 0 Å². The first kappa shape index (κ1) is 21.2. The summed E-state index contributed by atoms with van der Waals surface area (Å²) in [5.74, 6) is 1.01. The number of ether oxygens (including phenoxy) is 1. The van der Waals surface area contributed by atoms with Crippen molar-refractivity contribution in [3.8, 4) is 0 Å². The van der Waals surface area contributed by atoms with Gasteiger partial charge in [0.1, 0.15) is 6.10 Å². The van der Waals surface area contributed by atoms with Gasteiger partial charge in [0.05, 0.1) is 5.69 Å². The van der Waals surface area contributed by atoms with E-state index in [1.807, 2.05) is 44.2 Å². The molecule has 1 saturated carbocycles. The minimum Gasteiger partial charge on any atom is -0.446 e. The molecule has 29 heavy (non-hydrogen) atoms. The number of alkyl carbamates (subject to hydrolysis) is 1. The van der Waals surface area contributed by atoms with Crippen molar-refractivity contribution in [2.24, 2.45) is 4.36 Å². The Kier molecular flexibility index (Phi) is 6.46. The molecule has 0 radical (unpaired) electrons. The number of carbonyl (C=O) groups is 1. The van der Waals surface area contributed by atoms with Crippen LogP contribution in [0.4, 0.5) is 22.0 Å². The van der Waals surface area contributed by atoms with Crippen LogP contribution in [0.3, 0.4) is 0 Å². The predicted molar refractivity (Wildman–Crippen MR) is 116 cm³/mol. The van der Waals surface area contributed by atoms with Crippen LogP contribution in [-0.2, 0) is 14.5 Å². The average Bonchev–Trinajstić information content (AvgIpc) is 3.24. The Morgan fingerprint density at radius 3 is 2.66 bits per heavy atom. The summed E-state index contributed by atoms with van der Waals surface area (Å²) in [5.41, 5.74) is 2.59. The summed E-state index contributed by atoms with van der Waals surface area (Å²) in [7, 11) is -2.17. The highest BCUT2D eigenvalue weighted by Gasteiger charge is 2.30. The van der Waals surface area contributed by atoms with Crippen molar-refractivity contribution < 1.29 is 13.7 Å². The van der Waals surface area contributed by atoms with Gasteiger partial charge in [0.15, 0.2) is 5.82 Å². The van der Waals surface area contributed by atoms with Gasteiger partial charge in [-0.25, -0.2) is 9.00 Å². The number of nitrogens with zero attached hydrogens (tertiary/aromatic N) is 2. The molecule has 0 bridgehead atoms. The third-order valence-electron chi connectivity index (χ3n) is 4.57. The Morgan fingerprint density at radius 2 is 2.00 bits per heavy atom. The van der Waals surface area contributed by atoms with Gasteiger partial charge in [0.25, 0.3) is 0 Å². The highest BCUT2D eigenvalue weighted by Crippen LogP contribution is 2.36. The first-order chi connectivity index (χ1) is 13.7. The Balaban J connectivity index is 1.56. The molecule has 0 spiro atoms. The van der Waals surface area contributed by atoms with Crippen molar-refractivity contribution in [1.29, 1.82) is 0 Å². The van der Waals surface area contributed by atoms with E-state index in [1.54, 1.807) is 12.5 Å². The van der Waals surface area contributed by atoms with Gasteiger partial charge in [-0.15, -0.1) is 0 Å². The second-order valence-corrected chi connectivity index (χ2v) is 10.5. The quantitative estimate of drug-likeness (QED) is 0.647. The lowest BCUT2D eigenvalue weighted by Crippen LogP contribution is -2.33. The molecule has 0 aliphatic heterocycles. The number of aromatic amines is 1. The summed E-state index contributed by atoms with van der Waals surface area (Å²) in [6.45, 7) is 3.82. The number of carbonyl (C=O) groups excluding carboxylic acids is 1. The fourth-order valence-corrected chi connectivity index (χ4v) is 4.00. The summed E-state index contributed by atoms with van der Waals surface area (Å²) in [5, 5.41) is 13.4. The van der Waals surface area contributed by atoms with Gasteiger partial charge in [0.2, 0.25) is 0 Å². The summed E-state index contributed by atoms with van der Waals surface area (Å²) in [4.78, 5) is 11.8. The van der Waals surface area contributed by atoms with Crippen LogP contribution >= 0.6 is 0 Å². The highest BCUT2D eigenvalue weighted by molar-refractivity contribution is 7.92. The minimum absolute atomic E-state index is 0.0664. The molecule has 3 rings (SSSR count). The first-order valence-electron chi connectivity index (χ1n) is 9.74. The van der Waals surface area contributed by atoms with Crippen molar-refractivity contribution in [3.05, 3.63) is 36.0 Å². The molecule has 2 aromatic rings. The Bertz CT molecular complexity index is 953. The van der Waals surface area contributed by atoms with E-state index in [1.165, 1.54) is 0 Å². The molecule has 9 heteroatoms. The van der Waals surface area contributed by atoms with E-state index in [9.17, 15) is 9.00 Å². The van der Waals surface area contributed by atoms with E-state index in [0.717, 1.165) is 36.5 Å². The summed E-state index contributed by atoms with van der Waals surface area (Å²) < 4.78 is 21.4. The molecular weight excluding hydrogens is 390 g/mol. The highest BCUT2D eigenvalue weighted by atomic mass is 32.2. The van der Waals surface area contributed by atoms with Crippen LogP contribution in [0.1, 0.15) is 44.7 Å². The summed E-state index contributed by atoms with van der Waals surface area (Å²) >= 11 is 0. The molecule has 1 aromatic heterocycles. The number of hydrogen-bond donors (Lipinski definition) is 3. The van der Waals surface area contributed by atoms with Crippen molar-refractivity contribution in [2.75, 3.05) is 17.8 Å². The van der Waals surface area contributed by atoms with E-state index >= 15 is 0 Å². The van der Waals surface area contributed by atoms with Gasteiger partial charge in [-0.1, -0.05) is 0 Å². The Morgan fingerprint density at radius 1 is 1.28 bits per heavy atom. The maximum atomic E-state index is 11.8. The molecule has 0 unspecified atom stereocenters. The minimum atomic E-state index is -2.17. The largest absolute Gasteiger partial charge is 0.446 e. The van der Waals surface area contributed by atoms with Crippen molar-refractivity contribution in [2.45, 2.75) is 51.2 Å². The standard InChI is InChI=1S/C20H29N5O3S/c1-13(2)21-20(26)28-17-10-5-14(11-17)18-12-19(24-23-18)22-15-6-8-16(9-7-15)25-29(3,4)27/h6-9,12-14,17H,5,10-11H2,1-4H3,(H,21,26)(H2,22,23,24)/t14-,17+/m0/s1. The van der Waals surface area contributed by atoms with Crippen molar-refractivity contribution in [3.63, 3.8) is 0 Å². The molecule has 1 fully saturated rings. The smallest absolute Gasteiger partial charge is 0.407 e. The molecule has 1 aliphatic rings. The topological polar surface area (TPSA) is 108 Å². The number of benzene rings is 1. The SMILES string of the molecule is CC(C)NC(=O)O[C@@H]1CC[C@H](c2cc(Nc3ccc(N=S(C)(C)=O)cc3)n[nH]2)C1. The van der Waals surface area contributed by atoms with Crippen molar-refractivity contribution >= 4 is 33.0 Å². The lowest BCUT2D eigenvalue weighted by Gasteiger charge is -2.14. The lowest BCUT2D eigenvalue weighted by atomic mass is 10.0. The molecule has 158 valence electrons. The Labute approximate surface area is 172 Å². The van der Waals surface area contributed by atoms with Gasteiger partial charge in [0, 0.05) is 51.6 Å². The second-order valence-electron chi connectivity index (χ2n) is 7.99. The number of nitrogens with one attached hydrogen (secondary N) is 3. The summed E-state index contributed by atoms with van der Waals surface area (Å²) in [6.07, 6.45) is 5.39. The van der Waals surface area contributed by atoms with Crippen LogP contribution in [0.5, 0.6) is 0 Å². The van der Waals surface area contributed by atoms with Crippen LogP contribution in [0, 0.1) is 0 Å². The van der Waals surface area contributed by atoms with E-state index < -0.39 is 9.73 Å². The predicted octanol–water partition coefficient (Wildman–Crippen LogP) is 4.28. The van der Waals surface area contributed by atoms with Crippen LogP contribution in [0.15, 0.2) is 34.7 Å². The molecule has 1 amide bonds. The van der Waals surface area contributed by atoms with E-state index in [0.29, 0.717) is 11.6 Å². The number of anilines is 2. The zero-order chi connectivity index (χ0) is 21.0. The van der Waals surface area contributed by atoms with E-state index in [2.05, 4.69) is 25.2 Å². The number of amides is 1. The molecule has 0 saturated heterocycles. The van der Waals surface area contributed by atoms with E-state index in [4.69, 9.17) is 4.74 Å². The molecule has 8 nitrogen and oxygen atoms in total. The average molecular weight is 420 g/mol. The third kappa shape index (κ3) is 6.49. The van der Waals surface area contributed by atoms with Crippen LogP contribution in [-0.4, -0.2) is 45.2 Å². The fourth-order valence-electron chi connectivity index (χ4n) is 3.37. The lowest BCUT2D eigenvalue weighted by molar-refractivity contribution is 0.0981. The summed E-state index contributed by atoms with van der Waals surface area (Å²) in [6, 6.07) is 9.46. The molecule has 3 N–H and O–H groups in total. The second kappa shape index (κ2) is 8.86. The van der Waals surface area contributed by atoms with Crippen molar-refractivity contribution in [1.82, 2.24) is 15.5 Å². The van der Waals surface area contributed by atoms with E-state index in [-0.39, 0.29) is 18.2 Å². The fraction of sp³-hybridized carbons (Fsp3) is 0.500. The zero-order valence-corrected chi connectivity index (χ0v) is 18.1. The Hall–Kier alpha value is -2.55. The van der Waals surface area contributed by atoms with Gasteiger partial charge < -0.3 is 15.4 Å². The third-order valence-corrected chi connectivity index (χ3v) is 5.22. The molecule has 1 aliphatic carbocycles. The van der Waals surface area contributed by atoms with Crippen LogP contribution < -0.4 is 10.6 Å². The monoisotopic (exact) mass is 419 g/mol. The number of rotatable bonds is 6. The van der Waals surface area contributed by atoms with Gasteiger partial charge in [-0.3, -0.25) is 5.10 Å². The number of hydrogen-bond acceptors (Lipinski definition) is 6. The first-order valence-corrected chi connectivity index (χ1v) is 12.1. The molecule has 1 aromatic carbocycles. The normalized spacial score (nSPS) is 19.2. The van der Waals surface area contributed by atoms with Gasteiger partial charge in [-0.2, -0.15) is 9.46 Å². The molecule has 1 heterocycles. The number of H-pyrrole nitrogens is 1. The maximum absolute atomic E-state index is 11.8. The molecular formula is C20H29N5O3S. The maximum Gasteiger partial charge on any atom is 0.407 e. The van der Waals surface area contributed by atoms with Crippen LogP contribution in [0.25, 0.3) is 0 Å². The number of aromatic nitrogens is 2. The van der Waals surface area contributed by atoms with Gasteiger partial charge >= 0.3 is 6.09 Å².